The Morgan fingerprint density at radius 3 is 2.41 bits per heavy atom. The summed E-state index contributed by atoms with van der Waals surface area (Å²) in [5.41, 5.74) is 0.210. The molecule has 0 N–H and O–H groups in total. The second-order valence-corrected chi connectivity index (χ2v) is 6.91. The average Bonchev–Trinajstić information content (AvgIpc) is 2.22. The van der Waals surface area contributed by atoms with E-state index >= 15 is 0 Å². The summed E-state index contributed by atoms with van der Waals surface area (Å²) in [4.78, 5) is 0. The van der Waals surface area contributed by atoms with Gasteiger partial charge in [-0.2, -0.15) is 0 Å². The number of hydrogen-bond acceptors (Lipinski definition) is 4. The van der Waals surface area contributed by atoms with Crippen molar-refractivity contribution in [3.63, 3.8) is 0 Å². The van der Waals surface area contributed by atoms with E-state index in [9.17, 15) is 8.42 Å². The fourth-order valence-corrected chi connectivity index (χ4v) is 3.14. The Kier molecular flexibility index (Phi) is 3.73. The molecule has 0 unspecified atom stereocenters. The average molecular weight is 277 g/mol. The highest BCUT2D eigenvalue weighted by atomic mass is 35.7. The van der Waals surface area contributed by atoms with Crippen LogP contribution in [0.4, 0.5) is 0 Å². The third kappa shape index (κ3) is 3.67. The maximum atomic E-state index is 11.1. The molecule has 0 amide bonds. The van der Waals surface area contributed by atoms with Gasteiger partial charge >= 0.3 is 0 Å². The number of halogens is 1. The molecule has 0 aliphatic carbocycles. The quantitative estimate of drug-likeness (QED) is 0.766. The second-order valence-electron chi connectivity index (χ2n) is 4.13. The molecule has 6 heteroatoms. The van der Waals surface area contributed by atoms with Crippen molar-refractivity contribution in [2.75, 3.05) is 19.0 Å². The highest BCUT2D eigenvalue weighted by Gasteiger charge is 2.43. The molecular formula is C11H13ClO4S. The van der Waals surface area contributed by atoms with Gasteiger partial charge in [-0.1, -0.05) is 30.3 Å². The molecule has 0 saturated carbocycles. The second kappa shape index (κ2) is 4.94. The molecule has 0 atom stereocenters. The van der Waals surface area contributed by atoms with Crippen molar-refractivity contribution in [2.45, 2.75) is 12.2 Å². The molecule has 1 fully saturated rings. The lowest BCUT2D eigenvalue weighted by molar-refractivity contribution is -0.202. The maximum Gasteiger partial charge on any atom is 0.235 e. The molecule has 17 heavy (non-hydrogen) atoms. The van der Waals surface area contributed by atoms with Crippen LogP contribution in [0, 0.1) is 0 Å². The van der Waals surface area contributed by atoms with Gasteiger partial charge in [0.05, 0.1) is 25.6 Å². The normalized spacial score (nSPS) is 18.6. The van der Waals surface area contributed by atoms with Gasteiger partial charge in [0.15, 0.2) is 0 Å². The summed E-state index contributed by atoms with van der Waals surface area (Å²) in [5, 5.41) is 0. The van der Waals surface area contributed by atoms with Gasteiger partial charge < -0.3 is 9.47 Å². The van der Waals surface area contributed by atoms with E-state index in [0.717, 1.165) is 5.56 Å². The fraction of sp³-hybridized carbons (Fsp3) is 0.455. The molecule has 1 aliphatic rings. The van der Waals surface area contributed by atoms with Crippen LogP contribution in [0.15, 0.2) is 30.3 Å². The Labute approximate surface area is 105 Å². The SMILES string of the molecule is O=S(=O)(Cl)CC1(OCc2ccccc2)COC1. The fourth-order valence-electron chi connectivity index (χ4n) is 1.66. The molecule has 0 spiro atoms. The molecule has 1 heterocycles. The van der Waals surface area contributed by atoms with E-state index in [1.807, 2.05) is 30.3 Å². The number of ether oxygens (including phenoxy) is 2. The molecule has 0 radical (unpaired) electrons. The van der Waals surface area contributed by atoms with E-state index in [1.54, 1.807) is 0 Å². The zero-order chi connectivity index (χ0) is 12.4. The van der Waals surface area contributed by atoms with Crippen LogP contribution in [0.25, 0.3) is 0 Å². The van der Waals surface area contributed by atoms with Crippen LogP contribution in [0.2, 0.25) is 0 Å². The summed E-state index contributed by atoms with van der Waals surface area (Å²) >= 11 is 0. The van der Waals surface area contributed by atoms with Gasteiger partial charge in [-0.25, -0.2) is 8.42 Å². The van der Waals surface area contributed by atoms with E-state index in [0.29, 0.717) is 6.61 Å². The van der Waals surface area contributed by atoms with Crippen LogP contribution in [-0.2, 0) is 25.1 Å². The summed E-state index contributed by atoms with van der Waals surface area (Å²) in [6.45, 7) is 0.897. The summed E-state index contributed by atoms with van der Waals surface area (Å²) < 4.78 is 32.8. The summed E-state index contributed by atoms with van der Waals surface area (Å²) in [6, 6.07) is 9.56. The van der Waals surface area contributed by atoms with E-state index in [-0.39, 0.29) is 19.0 Å². The Hall–Kier alpha value is -0.620. The first-order valence-electron chi connectivity index (χ1n) is 5.17. The standard InChI is InChI=1S/C11H13ClO4S/c12-17(13,14)9-11(7-15-8-11)16-6-10-4-2-1-3-5-10/h1-5H,6-9H2. The van der Waals surface area contributed by atoms with Crippen molar-refractivity contribution in [1.29, 1.82) is 0 Å². The van der Waals surface area contributed by atoms with Crippen molar-refractivity contribution in [3.8, 4) is 0 Å². The lowest BCUT2D eigenvalue weighted by atomic mass is 10.1. The third-order valence-electron chi connectivity index (χ3n) is 2.55. The minimum Gasteiger partial charge on any atom is -0.375 e. The van der Waals surface area contributed by atoms with Gasteiger partial charge in [0.2, 0.25) is 9.05 Å². The molecule has 0 aromatic heterocycles. The molecular weight excluding hydrogens is 264 g/mol. The van der Waals surface area contributed by atoms with Crippen molar-refractivity contribution < 1.29 is 17.9 Å². The Bertz CT molecular complexity index is 468. The number of rotatable bonds is 5. The van der Waals surface area contributed by atoms with Crippen LogP contribution in [0.3, 0.4) is 0 Å². The predicted octanol–water partition coefficient (Wildman–Crippen LogP) is 1.54. The molecule has 2 rings (SSSR count). The highest BCUT2D eigenvalue weighted by Crippen LogP contribution is 2.26. The van der Waals surface area contributed by atoms with E-state index in [2.05, 4.69) is 0 Å². The minimum absolute atomic E-state index is 0.214. The lowest BCUT2D eigenvalue weighted by Crippen LogP contribution is -2.55. The zero-order valence-corrected chi connectivity index (χ0v) is 10.7. The first-order chi connectivity index (χ1) is 7.99. The number of benzene rings is 1. The molecule has 1 aliphatic heterocycles. The van der Waals surface area contributed by atoms with E-state index in [1.165, 1.54) is 0 Å². The lowest BCUT2D eigenvalue weighted by Gasteiger charge is -2.40. The smallest absolute Gasteiger partial charge is 0.235 e. The Balaban J connectivity index is 1.96. The van der Waals surface area contributed by atoms with Gasteiger partial charge in [-0.15, -0.1) is 0 Å². The van der Waals surface area contributed by atoms with Crippen molar-refractivity contribution in [2.24, 2.45) is 0 Å². The van der Waals surface area contributed by atoms with Gasteiger partial charge in [0, 0.05) is 10.7 Å². The van der Waals surface area contributed by atoms with E-state index < -0.39 is 14.7 Å². The van der Waals surface area contributed by atoms with Gasteiger partial charge in [0.1, 0.15) is 5.60 Å². The molecule has 94 valence electrons. The largest absolute Gasteiger partial charge is 0.375 e. The van der Waals surface area contributed by atoms with Crippen molar-refractivity contribution in [1.82, 2.24) is 0 Å². The topological polar surface area (TPSA) is 52.6 Å². The van der Waals surface area contributed by atoms with Gasteiger partial charge in [-0.05, 0) is 5.56 Å². The predicted molar refractivity (Wildman–Crippen MR) is 64.4 cm³/mol. The first kappa shape index (κ1) is 12.8. The summed E-state index contributed by atoms with van der Waals surface area (Å²) in [5.74, 6) is -0.214. The highest BCUT2D eigenvalue weighted by molar-refractivity contribution is 8.13. The Morgan fingerprint density at radius 1 is 1.29 bits per heavy atom. The maximum absolute atomic E-state index is 11.1. The van der Waals surface area contributed by atoms with Crippen LogP contribution in [0.1, 0.15) is 5.56 Å². The third-order valence-corrected chi connectivity index (χ3v) is 3.75. The van der Waals surface area contributed by atoms with Crippen LogP contribution in [-0.4, -0.2) is 33.0 Å². The van der Waals surface area contributed by atoms with E-state index in [4.69, 9.17) is 20.2 Å². The zero-order valence-electron chi connectivity index (χ0n) is 9.13. The molecule has 1 saturated heterocycles. The molecule has 1 aromatic carbocycles. The van der Waals surface area contributed by atoms with Crippen molar-refractivity contribution >= 4 is 19.7 Å². The minimum atomic E-state index is -3.58. The monoisotopic (exact) mass is 276 g/mol. The summed E-state index contributed by atoms with van der Waals surface area (Å²) in [6.07, 6.45) is 0. The van der Waals surface area contributed by atoms with Crippen molar-refractivity contribution in [3.05, 3.63) is 35.9 Å². The van der Waals surface area contributed by atoms with Crippen LogP contribution >= 0.6 is 10.7 Å². The Morgan fingerprint density at radius 2 is 1.94 bits per heavy atom. The summed E-state index contributed by atoms with van der Waals surface area (Å²) in [7, 11) is 1.67. The number of hydrogen-bond donors (Lipinski definition) is 0. The molecule has 1 aromatic rings. The molecule has 0 bridgehead atoms. The van der Waals surface area contributed by atoms with Crippen LogP contribution in [0.5, 0.6) is 0 Å². The van der Waals surface area contributed by atoms with Gasteiger partial charge in [0.25, 0.3) is 0 Å². The van der Waals surface area contributed by atoms with Gasteiger partial charge in [-0.3, -0.25) is 0 Å². The first-order valence-corrected chi connectivity index (χ1v) is 7.65. The molecule has 4 nitrogen and oxygen atoms in total. The van der Waals surface area contributed by atoms with Crippen LogP contribution < -0.4 is 0 Å².